The fraction of sp³-hybridized carbons (Fsp3) is 0.462. The molecule has 0 aliphatic rings. The van der Waals surface area contributed by atoms with Gasteiger partial charge in [-0.2, -0.15) is 5.26 Å². The summed E-state index contributed by atoms with van der Waals surface area (Å²) in [5.41, 5.74) is 1.92. The molecule has 0 saturated heterocycles. The minimum atomic E-state index is -0.560. The minimum absolute atomic E-state index is 0.0898. The summed E-state index contributed by atoms with van der Waals surface area (Å²) in [6.07, 6.45) is 0. The first-order chi connectivity index (χ1) is 8.04. The Kier molecular flexibility index (Phi) is 4.50. The van der Waals surface area contributed by atoms with E-state index < -0.39 is 5.41 Å². The van der Waals surface area contributed by atoms with Crippen LogP contribution in [0.1, 0.15) is 18.1 Å². The van der Waals surface area contributed by atoms with Crippen molar-refractivity contribution in [3.8, 4) is 6.07 Å². The summed E-state index contributed by atoms with van der Waals surface area (Å²) < 4.78 is 0. The van der Waals surface area contributed by atoms with Gasteiger partial charge >= 0.3 is 0 Å². The van der Waals surface area contributed by atoms with E-state index in [9.17, 15) is 10.2 Å². The topological polar surface area (TPSA) is 76.3 Å². The fourth-order valence-electron chi connectivity index (χ4n) is 1.35. The Morgan fingerprint density at radius 1 is 1.35 bits per heavy atom. The highest BCUT2D eigenvalue weighted by Crippen LogP contribution is 2.20. The molecule has 0 fully saturated rings. The summed E-state index contributed by atoms with van der Waals surface area (Å²) in [5.74, 6) is 0. The second-order valence-electron chi connectivity index (χ2n) is 4.62. The molecule has 0 heterocycles. The van der Waals surface area contributed by atoms with Gasteiger partial charge in [-0.05, 0) is 24.6 Å². The van der Waals surface area contributed by atoms with Crippen LogP contribution in [-0.2, 0) is 0 Å². The van der Waals surface area contributed by atoms with Crippen molar-refractivity contribution in [1.82, 2.24) is 0 Å². The average Bonchev–Trinajstić information content (AvgIpc) is 2.37. The molecule has 4 nitrogen and oxygen atoms in total. The van der Waals surface area contributed by atoms with Crippen molar-refractivity contribution in [1.29, 1.82) is 5.26 Å². The third-order valence-corrected chi connectivity index (χ3v) is 2.84. The van der Waals surface area contributed by atoms with E-state index in [0.717, 1.165) is 11.3 Å². The lowest BCUT2D eigenvalue weighted by Gasteiger charge is -2.25. The normalized spacial score (nSPS) is 11.0. The number of aliphatic hydroxyl groups is 2. The second-order valence-corrected chi connectivity index (χ2v) is 4.62. The molecule has 0 aliphatic heterocycles. The molecule has 0 bridgehead atoms. The van der Waals surface area contributed by atoms with E-state index in [2.05, 4.69) is 11.4 Å². The molecule has 4 heteroatoms. The van der Waals surface area contributed by atoms with Crippen LogP contribution in [0.2, 0.25) is 0 Å². The van der Waals surface area contributed by atoms with Crippen molar-refractivity contribution in [2.75, 3.05) is 25.1 Å². The molecule has 0 unspecified atom stereocenters. The highest BCUT2D eigenvalue weighted by atomic mass is 16.3. The maximum Gasteiger partial charge on any atom is 0.0992 e. The molecular weight excluding hydrogens is 216 g/mol. The van der Waals surface area contributed by atoms with Gasteiger partial charge in [0.15, 0.2) is 0 Å². The third kappa shape index (κ3) is 3.45. The van der Waals surface area contributed by atoms with Gasteiger partial charge in [0, 0.05) is 17.6 Å². The molecule has 3 N–H and O–H groups in total. The molecule has 0 atom stereocenters. The zero-order valence-electron chi connectivity index (χ0n) is 10.2. The van der Waals surface area contributed by atoms with E-state index in [4.69, 9.17) is 5.26 Å². The number of nitriles is 1. The van der Waals surface area contributed by atoms with Crippen molar-refractivity contribution in [3.63, 3.8) is 0 Å². The Labute approximate surface area is 102 Å². The van der Waals surface area contributed by atoms with E-state index in [-0.39, 0.29) is 13.2 Å². The van der Waals surface area contributed by atoms with Crippen LogP contribution in [0.25, 0.3) is 0 Å². The number of benzene rings is 1. The van der Waals surface area contributed by atoms with Crippen LogP contribution in [0.3, 0.4) is 0 Å². The molecule has 92 valence electrons. The largest absolute Gasteiger partial charge is 0.396 e. The zero-order chi connectivity index (χ0) is 12.9. The molecule has 0 radical (unpaired) electrons. The maximum absolute atomic E-state index is 9.18. The predicted octanol–water partition coefficient (Wildman–Crippen LogP) is 1.27. The van der Waals surface area contributed by atoms with Gasteiger partial charge in [-0.3, -0.25) is 0 Å². The van der Waals surface area contributed by atoms with Crippen molar-refractivity contribution in [3.05, 3.63) is 29.3 Å². The number of rotatable bonds is 5. The lowest BCUT2D eigenvalue weighted by Crippen LogP contribution is -2.34. The number of anilines is 1. The van der Waals surface area contributed by atoms with Gasteiger partial charge in [-0.1, -0.05) is 13.0 Å². The Morgan fingerprint density at radius 3 is 2.53 bits per heavy atom. The molecule has 1 rings (SSSR count). The van der Waals surface area contributed by atoms with Crippen LogP contribution in [0.5, 0.6) is 0 Å². The van der Waals surface area contributed by atoms with Crippen LogP contribution in [0, 0.1) is 23.7 Å². The van der Waals surface area contributed by atoms with Crippen molar-refractivity contribution < 1.29 is 10.2 Å². The van der Waals surface area contributed by atoms with Gasteiger partial charge in [-0.15, -0.1) is 0 Å². The third-order valence-electron chi connectivity index (χ3n) is 2.84. The summed E-state index contributed by atoms with van der Waals surface area (Å²) in [6.45, 7) is 4.01. The lowest BCUT2D eigenvalue weighted by molar-refractivity contribution is 0.0806. The molecule has 0 spiro atoms. The highest BCUT2D eigenvalue weighted by Gasteiger charge is 2.22. The Balaban J connectivity index is 2.79. The zero-order valence-corrected chi connectivity index (χ0v) is 10.2. The van der Waals surface area contributed by atoms with Crippen LogP contribution >= 0.6 is 0 Å². The number of nitrogens with one attached hydrogen (secondary N) is 1. The Morgan fingerprint density at radius 2 is 2.00 bits per heavy atom. The molecule has 0 aliphatic carbocycles. The number of hydrogen-bond acceptors (Lipinski definition) is 4. The van der Waals surface area contributed by atoms with Gasteiger partial charge < -0.3 is 15.5 Å². The summed E-state index contributed by atoms with van der Waals surface area (Å²) in [6, 6.07) is 7.48. The summed E-state index contributed by atoms with van der Waals surface area (Å²) in [4.78, 5) is 0. The van der Waals surface area contributed by atoms with Gasteiger partial charge in [0.25, 0.3) is 0 Å². The first-order valence-corrected chi connectivity index (χ1v) is 5.51. The number of nitrogens with zero attached hydrogens (tertiary/aromatic N) is 1. The minimum Gasteiger partial charge on any atom is -0.396 e. The lowest BCUT2D eigenvalue weighted by atomic mass is 9.93. The molecule has 0 amide bonds. The first-order valence-electron chi connectivity index (χ1n) is 5.51. The van der Waals surface area contributed by atoms with Crippen LogP contribution in [0.4, 0.5) is 5.69 Å². The SMILES string of the molecule is Cc1ccc(C#N)cc1NCC(C)(CO)CO. The number of aryl methyl sites for hydroxylation is 1. The summed E-state index contributed by atoms with van der Waals surface area (Å²) in [5, 5.41) is 30.3. The van der Waals surface area contributed by atoms with Gasteiger partial charge in [0.1, 0.15) is 0 Å². The van der Waals surface area contributed by atoms with E-state index in [1.165, 1.54) is 0 Å². The van der Waals surface area contributed by atoms with Crippen LogP contribution in [0.15, 0.2) is 18.2 Å². The average molecular weight is 234 g/mol. The van der Waals surface area contributed by atoms with Crippen molar-refractivity contribution in [2.24, 2.45) is 5.41 Å². The fourth-order valence-corrected chi connectivity index (χ4v) is 1.35. The summed E-state index contributed by atoms with van der Waals surface area (Å²) in [7, 11) is 0. The van der Waals surface area contributed by atoms with Gasteiger partial charge in [0.05, 0.1) is 24.8 Å². The molecule has 1 aromatic carbocycles. The molecule has 1 aromatic rings. The molecular formula is C13H18N2O2. The van der Waals surface area contributed by atoms with Crippen molar-refractivity contribution in [2.45, 2.75) is 13.8 Å². The van der Waals surface area contributed by atoms with E-state index in [1.54, 1.807) is 19.1 Å². The summed E-state index contributed by atoms with van der Waals surface area (Å²) >= 11 is 0. The number of aliphatic hydroxyl groups excluding tert-OH is 2. The molecule has 0 saturated carbocycles. The quantitative estimate of drug-likeness (QED) is 0.717. The first kappa shape index (κ1) is 13.5. The Bertz CT molecular complexity index is 420. The van der Waals surface area contributed by atoms with Crippen LogP contribution < -0.4 is 5.32 Å². The smallest absolute Gasteiger partial charge is 0.0992 e. The number of hydrogen-bond donors (Lipinski definition) is 3. The predicted molar refractivity (Wildman–Crippen MR) is 66.7 cm³/mol. The Hall–Kier alpha value is -1.57. The van der Waals surface area contributed by atoms with Gasteiger partial charge in [0.2, 0.25) is 0 Å². The monoisotopic (exact) mass is 234 g/mol. The van der Waals surface area contributed by atoms with Gasteiger partial charge in [-0.25, -0.2) is 0 Å². The van der Waals surface area contributed by atoms with Crippen LogP contribution in [-0.4, -0.2) is 30.0 Å². The maximum atomic E-state index is 9.18. The second kappa shape index (κ2) is 5.67. The van der Waals surface area contributed by atoms with E-state index >= 15 is 0 Å². The van der Waals surface area contributed by atoms with E-state index in [1.807, 2.05) is 13.0 Å². The molecule has 0 aromatic heterocycles. The standard InChI is InChI=1S/C13H18N2O2/c1-10-3-4-11(6-14)5-12(10)15-7-13(2,8-16)9-17/h3-5,15-17H,7-9H2,1-2H3. The van der Waals surface area contributed by atoms with Crippen molar-refractivity contribution >= 4 is 5.69 Å². The highest BCUT2D eigenvalue weighted by molar-refractivity contribution is 5.55. The van der Waals surface area contributed by atoms with E-state index in [0.29, 0.717) is 12.1 Å². The molecule has 17 heavy (non-hydrogen) atoms.